The van der Waals surface area contributed by atoms with Crippen LogP contribution in [0.5, 0.6) is 0 Å². The lowest BCUT2D eigenvalue weighted by Crippen LogP contribution is -2.27. The maximum absolute atomic E-state index is 12.4. The van der Waals surface area contributed by atoms with Gasteiger partial charge < -0.3 is 4.90 Å². The van der Waals surface area contributed by atoms with Crippen molar-refractivity contribution in [3.05, 3.63) is 67.5 Å². The standard InChI is InChI=1S/C14H12IN3O3/c1-17(9-10-3-2-6-16-8-10)14(19)12-7-11(18(20)21)4-5-13(12)15/h2-8H,9H2,1H3. The van der Waals surface area contributed by atoms with E-state index in [1.165, 1.54) is 17.0 Å². The first-order valence-corrected chi connectivity index (χ1v) is 7.15. The molecule has 7 heteroatoms. The van der Waals surface area contributed by atoms with E-state index in [2.05, 4.69) is 4.98 Å². The van der Waals surface area contributed by atoms with Crippen LogP contribution in [0.4, 0.5) is 5.69 Å². The molecule has 1 amide bonds. The molecule has 0 radical (unpaired) electrons. The molecule has 1 heterocycles. The molecule has 0 aliphatic heterocycles. The number of carbonyl (C=O) groups excluding carboxylic acids is 1. The number of benzene rings is 1. The molecule has 0 aliphatic carbocycles. The molecular weight excluding hydrogens is 385 g/mol. The van der Waals surface area contributed by atoms with E-state index < -0.39 is 4.92 Å². The van der Waals surface area contributed by atoms with Gasteiger partial charge in [0.05, 0.1) is 10.5 Å². The Balaban J connectivity index is 2.23. The molecule has 0 bridgehead atoms. The molecule has 1 aromatic heterocycles. The van der Waals surface area contributed by atoms with Gasteiger partial charge in [-0.2, -0.15) is 0 Å². The maximum atomic E-state index is 12.4. The van der Waals surface area contributed by atoms with Crippen molar-refractivity contribution in [2.24, 2.45) is 0 Å². The van der Waals surface area contributed by atoms with E-state index in [-0.39, 0.29) is 11.6 Å². The summed E-state index contributed by atoms with van der Waals surface area (Å²) in [7, 11) is 1.66. The van der Waals surface area contributed by atoms with E-state index in [9.17, 15) is 14.9 Å². The summed E-state index contributed by atoms with van der Waals surface area (Å²) in [6.45, 7) is 0.394. The van der Waals surface area contributed by atoms with E-state index in [0.717, 1.165) is 5.56 Å². The molecule has 0 atom stereocenters. The molecule has 21 heavy (non-hydrogen) atoms. The second kappa shape index (κ2) is 6.61. The van der Waals surface area contributed by atoms with Crippen molar-refractivity contribution < 1.29 is 9.72 Å². The fourth-order valence-corrected chi connectivity index (χ4v) is 2.40. The molecule has 0 saturated heterocycles. The van der Waals surface area contributed by atoms with Crippen molar-refractivity contribution in [1.82, 2.24) is 9.88 Å². The molecule has 0 unspecified atom stereocenters. The van der Waals surface area contributed by atoms with Gasteiger partial charge in [-0.05, 0) is 40.3 Å². The maximum Gasteiger partial charge on any atom is 0.270 e. The highest BCUT2D eigenvalue weighted by atomic mass is 127. The quantitative estimate of drug-likeness (QED) is 0.452. The lowest BCUT2D eigenvalue weighted by molar-refractivity contribution is -0.384. The van der Waals surface area contributed by atoms with Crippen LogP contribution in [0, 0.1) is 13.7 Å². The molecular formula is C14H12IN3O3. The number of pyridine rings is 1. The summed E-state index contributed by atoms with van der Waals surface area (Å²) in [5, 5.41) is 10.8. The zero-order valence-corrected chi connectivity index (χ0v) is 13.4. The minimum absolute atomic E-state index is 0.0893. The third kappa shape index (κ3) is 3.75. The molecule has 0 N–H and O–H groups in total. The smallest absolute Gasteiger partial charge is 0.270 e. The third-order valence-electron chi connectivity index (χ3n) is 2.88. The largest absolute Gasteiger partial charge is 0.337 e. The predicted molar refractivity (Wildman–Crippen MR) is 85.8 cm³/mol. The Bertz CT molecular complexity index is 676. The van der Waals surface area contributed by atoms with E-state index in [4.69, 9.17) is 0 Å². The summed E-state index contributed by atoms with van der Waals surface area (Å²) in [5.74, 6) is -0.257. The first-order valence-electron chi connectivity index (χ1n) is 6.07. The molecule has 0 saturated carbocycles. The Morgan fingerprint density at radius 1 is 1.43 bits per heavy atom. The van der Waals surface area contributed by atoms with Gasteiger partial charge in [0.1, 0.15) is 0 Å². The number of rotatable bonds is 4. The van der Waals surface area contributed by atoms with Gasteiger partial charge in [0, 0.05) is 41.7 Å². The number of non-ortho nitro benzene ring substituents is 1. The van der Waals surface area contributed by atoms with Crippen LogP contribution in [-0.4, -0.2) is 27.8 Å². The highest BCUT2D eigenvalue weighted by Crippen LogP contribution is 2.21. The minimum Gasteiger partial charge on any atom is -0.337 e. The molecule has 0 fully saturated rings. The van der Waals surface area contributed by atoms with Crippen LogP contribution in [0.1, 0.15) is 15.9 Å². The SMILES string of the molecule is CN(Cc1cccnc1)C(=O)c1cc([N+](=O)[O-])ccc1I. The third-order valence-corrected chi connectivity index (χ3v) is 3.82. The van der Waals surface area contributed by atoms with Crippen LogP contribution in [0.2, 0.25) is 0 Å². The highest BCUT2D eigenvalue weighted by molar-refractivity contribution is 14.1. The molecule has 1 aromatic carbocycles. The summed E-state index contributed by atoms with van der Waals surface area (Å²) < 4.78 is 0.682. The molecule has 0 spiro atoms. The number of hydrogen-bond donors (Lipinski definition) is 0. The number of nitro benzene ring substituents is 1. The zero-order valence-electron chi connectivity index (χ0n) is 11.2. The molecule has 2 rings (SSSR count). The van der Waals surface area contributed by atoms with Gasteiger partial charge in [0.25, 0.3) is 11.6 Å². The van der Waals surface area contributed by atoms with Crippen LogP contribution < -0.4 is 0 Å². The normalized spacial score (nSPS) is 10.2. The van der Waals surface area contributed by atoms with Crippen molar-refractivity contribution in [2.45, 2.75) is 6.54 Å². The average Bonchev–Trinajstić information content (AvgIpc) is 2.47. The van der Waals surface area contributed by atoms with Gasteiger partial charge in [0.2, 0.25) is 0 Å². The Hall–Kier alpha value is -2.03. The number of amides is 1. The summed E-state index contributed by atoms with van der Waals surface area (Å²) in [6, 6.07) is 7.94. The van der Waals surface area contributed by atoms with Gasteiger partial charge in [-0.25, -0.2) is 0 Å². The van der Waals surface area contributed by atoms with E-state index in [1.807, 2.05) is 28.7 Å². The Labute approximate surface area is 135 Å². The van der Waals surface area contributed by atoms with Crippen LogP contribution in [-0.2, 0) is 6.54 Å². The fourth-order valence-electron chi connectivity index (χ4n) is 1.83. The topological polar surface area (TPSA) is 76.3 Å². The number of halogens is 1. The fraction of sp³-hybridized carbons (Fsp3) is 0.143. The average molecular weight is 397 g/mol. The number of nitrogens with zero attached hydrogens (tertiary/aromatic N) is 3. The van der Waals surface area contributed by atoms with Crippen molar-refractivity contribution in [3.63, 3.8) is 0 Å². The minimum atomic E-state index is -0.506. The number of carbonyl (C=O) groups is 1. The molecule has 0 aliphatic rings. The lowest BCUT2D eigenvalue weighted by atomic mass is 10.1. The molecule has 108 valence electrons. The zero-order chi connectivity index (χ0) is 15.4. The second-order valence-electron chi connectivity index (χ2n) is 4.44. The van der Waals surface area contributed by atoms with Crippen LogP contribution in [0.25, 0.3) is 0 Å². The second-order valence-corrected chi connectivity index (χ2v) is 5.61. The van der Waals surface area contributed by atoms with Crippen molar-refractivity contribution in [2.75, 3.05) is 7.05 Å². The summed E-state index contributed by atoms with van der Waals surface area (Å²) >= 11 is 2.00. The van der Waals surface area contributed by atoms with Crippen LogP contribution >= 0.6 is 22.6 Å². The van der Waals surface area contributed by atoms with Crippen LogP contribution in [0.3, 0.4) is 0 Å². The Morgan fingerprint density at radius 2 is 2.19 bits per heavy atom. The Kier molecular flexibility index (Phi) is 4.84. The number of aromatic nitrogens is 1. The summed E-state index contributed by atoms with van der Waals surface area (Å²) in [5.41, 5.74) is 1.14. The van der Waals surface area contributed by atoms with Gasteiger partial charge in [-0.15, -0.1) is 0 Å². The highest BCUT2D eigenvalue weighted by Gasteiger charge is 2.18. The van der Waals surface area contributed by atoms with Crippen molar-refractivity contribution in [3.8, 4) is 0 Å². The van der Waals surface area contributed by atoms with Gasteiger partial charge in [-0.1, -0.05) is 6.07 Å². The number of hydrogen-bond acceptors (Lipinski definition) is 4. The monoisotopic (exact) mass is 397 g/mol. The summed E-state index contributed by atoms with van der Waals surface area (Å²) in [6.07, 6.45) is 3.34. The van der Waals surface area contributed by atoms with Crippen molar-refractivity contribution in [1.29, 1.82) is 0 Å². The van der Waals surface area contributed by atoms with Gasteiger partial charge in [0.15, 0.2) is 0 Å². The first kappa shape index (κ1) is 15.4. The molecule has 2 aromatic rings. The molecule has 6 nitrogen and oxygen atoms in total. The Morgan fingerprint density at radius 3 is 2.81 bits per heavy atom. The van der Waals surface area contributed by atoms with E-state index in [1.54, 1.807) is 31.6 Å². The summed E-state index contributed by atoms with van der Waals surface area (Å²) in [4.78, 5) is 28.2. The predicted octanol–water partition coefficient (Wildman–Crippen LogP) is 2.87. The van der Waals surface area contributed by atoms with Crippen molar-refractivity contribution >= 4 is 34.2 Å². The van der Waals surface area contributed by atoms with Crippen LogP contribution in [0.15, 0.2) is 42.7 Å². The van der Waals surface area contributed by atoms with E-state index >= 15 is 0 Å². The van der Waals surface area contributed by atoms with Gasteiger partial charge >= 0.3 is 0 Å². The number of nitro groups is 1. The van der Waals surface area contributed by atoms with Gasteiger partial charge in [-0.3, -0.25) is 19.9 Å². The lowest BCUT2D eigenvalue weighted by Gasteiger charge is -2.17. The van der Waals surface area contributed by atoms with E-state index in [0.29, 0.717) is 15.7 Å². The first-order chi connectivity index (χ1) is 9.99.